The van der Waals surface area contributed by atoms with Crippen LogP contribution < -0.4 is 0 Å². The highest BCUT2D eigenvalue weighted by Gasteiger charge is 2.69. The fraction of sp³-hybridized carbons (Fsp3) is 0. The summed E-state index contributed by atoms with van der Waals surface area (Å²) < 4.78 is 0. The van der Waals surface area contributed by atoms with Gasteiger partial charge in [-0.05, 0) is 0 Å². The molecular weight excluding hydrogens is 1090 g/mol. The van der Waals surface area contributed by atoms with E-state index in [-0.39, 0.29) is 0 Å². The van der Waals surface area contributed by atoms with Crippen LogP contribution in [0.4, 0.5) is 0 Å². The molecule has 0 N–H and O–H groups in total. The summed E-state index contributed by atoms with van der Waals surface area (Å²) in [5.74, 6) is 0. The lowest BCUT2D eigenvalue weighted by atomic mass is 8.18. The van der Waals surface area contributed by atoms with Crippen molar-refractivity contribution in [3.05, 3.63) is 0 Å². The molecule has 0 fully saturated rings. The maximum atomic E-state index is 2.81. The lowest BCUT2D eigenvalue weighted by Gasteiger charge is -2.63. The van der Waals surface area contributed by atoms with E-state index in [2.05, 4.69) is 395 Å². The van der Waals surface area contributed by atoms with Crippen molar-refractivity contribution in [2.75, 3.05) is 0 Å². The first-order valence-corrected chi connectivity index (χ1v) is 46.0. The van der Waals surface area contributed by atoms with Crippen molar-refractivity contribution >= 4 is 715 Å². The highest BCUT2D eigenvalue weighted by atomic mass is 13.5. The van der Waals surface area contributed by atoms with Crippen LogP contribution in [0.1, 0.15) is 0 Å². The molecule has 0 saturated carbocycles. The van der Waals surface area contributed by atoms with Gasteiger partial charge in [0, 0.05) is 320 Å². The van der Waals surface area contributed by atoms with E-state index in [1.54, 1.807) is 0 Å². The fourth-order valence-electron chi connectivity index (χ4n) is 29.6. The second-order valence-electron chi connectivity index (χ2n) is 45.5. The van der Waals surface area contributed by atoms with Crippen LogP contribution >= 0.6 is 0 Å². The largest absolute Gasteiger partial charge is 0.0593 e. The van der Waals surface area contributed by atoms with Crippen molar-refractivity contribution in [3.8, 4) is 0 Å². The summed E-state index contributed by atoms with van der Waals surface area (Å²) in [4.78, 5) is 0. The van der Waals surface area contributed by atoms with Crippen LogP contribution in [0.2, 0.25) is 0 Å². The van der Waals surface area contributed by atoms with Gasteiger partial charge in [-0.1, -0.05) is 0 Å². The highest BCUT2D eigenvalue weighted by Crippen LogP contribution is 2.30. The zero-order valence-corrected chi connectivity index (χ0v) is 80.0. The molecule has 0 aromatic heterocycles. The van der Waals surface area contributed by atoms with E-state index in [0.29, 0.717) is 313 Å². The van der Waals surface area contributed by atoms with Gasteiger partial charge < -0.3 is 0 Å². The third-order valence-electron chi connectivity index (χ3n) is 30.1. The Bertz CT molecular complexity index is 1710. The number of rotatable bonds is 49. The maximum Gasteiger partial charge on any atom is 0.0593 e. The van der Waals surface area contributed by atoms with Gasteiger partial charge in [-0.2, -0.15) is 0 Å². The molecule has 0 aliphatic heterocycles. The van der Waals surface area contributed by atoms with Crippen molar-refractivity contribution < 1.29 is 0 Å². The molecule has 0 rings (SSSR count). The molecule has 0 unspecified atom stereocenters. The van der Waals surface area contributed by atoms with Crippen LogP contribution in [0.3, 0.4) is 0 Å². The van der Waals surface area contributed by atoms with Gasteiger partial charge in [-0.15, -0.1) is 0 Å². The van der Waals surface area contributed by atoms with Crippen LogP contribution in [0.25, 0.3) is 0 Å². The first-order chi connectivity index (χ1) is 46.0. The number of hydrogen-bond donors (Lipinski definition) is 0. The van der Waals surface area contributed by atoms with Crippen LogP contribution in [-0.2, 0) is 0 Å². The molecule has 0 amide bonds. The van der Waals surface area contributed by atoms with Crippen molar-refractivity contribution in [1.29, 1.82) is 0 Å². The first-order valence-electron chi connectivity index (χ1n) is 46.0. The average Bonchev–Trinajstić information content (AvgIpc) is 0.709. The molecule has 406 valence electrons. The van der Waals surface area contributed by atoms with Crippen molar-refractivity contribution in [3.63, 3.8) is 0 Å². The Balaban J connectivity index is 14.8. The lowest BCUT2D eigenvalue weighted by molar-refractivity contribution is 3.12. The molecule has 0 saturated heterocycles. The van der Waals surface area contributed by atoms with Gasteiger partial charge in [0.15, 0.2) is 0 Å². The Labute approximate surface area is 707 Å². The van der Waals surface area contributed by atoms with Gasteiger partial charge in [-0.25, -0.2) is 0 Å². The molecule has 0 atom stereocenters. The first kappa shape index (κ1) is 108. The molecule has 0 spiro atoms. The average molecular weight is 1200 g/mol. The molecule has 0 aliphatic carbocycles. The molecule has 0 heterocycles. The normalized spacial score (nSPS) is 9.82. The van der Waals surface area contributed by atoms with Crippen molar-refractivity contribution in [2.24, 2.45) is 0 Å². The quantitative estimate of drug-likeness (QED) is 0.0533. The van der Waals surface area contributed by atoms with E-state index >= 15 is 0 Å². The van der Waals surface area contributed by atoms with Crippen molar-refractivity contribution in [2.45, 2.75) is 0 Å². The van der Waals surface area contributed by atoms with E-state index in [1.807, 2.05) is 0 Å². The predicted molar refractivity (Wildman–Crippen MR) is 725 cm³/mol. The maximum absolute atomic E-state index is 2.81. The van der Waals surface area contributed by atoms with E-state index in [4.69, 9.17) is 0 Å². The van der Waals surface area contributed by atoms with Crippen molar-refractivity contribution in [1.82, 2.24) is 0 Å². The van der Waals surface area contributed by atoms with Crippen LogP contribution in [0, 0.1) is 0 Å². The Morgan fingerprint density at radius 2 is 0.158 bits per heavy atom. The van der Waals surface area contributed by atoms with Crippen LogP contribution in [0.15, 0.2) is 0 Å². The molecule has 0 bridgehead atoms. The molecule has 0 aromatic rings. The Morgan fingerprint density at radius 1 is 0.0891 bits per heavy atom. The molecular formula is H103B101. The molecule has 0 aliphatic rings. The molecule has 101 heavy (non-hydrogen) atoms. The van der Waals surface area contributed by atoms with Gasteiger partial charge >= 0.3 is 0 Å². The van der Waals surface area contributed by atoms with Crippen LogP contribution in [0.5, 0.6) is 0 Å². The standard InChI is InChI=1S/B101H103/c1-52-78(53(2)3)91(79(54(4)5)55(6)7)97(90(76(48)49)77(50)51)100(96(88(72(40)41)73(42)43)89(74(44)45)75(46)47)101(98(92(80(56(8)9)57(10)11)81(58(12)13)59(14)15)93(82(60(16)17)61(18)19)83(62(20)21)63(22)23)99(94(84(64(24)25)65(26)27)85(66(28)29)67(30)31)95(86(68(32)33)69(34)35)87(70(36)37)71(38)39/h52H,1-51H2. The highest BCUT2D eigenvalue weighted by molar-refractivity contribution is 8.44. The molecule has 101 heteroatoms. The van der Waals surface area contributed by atoms with Gasteiger partial charge in [0.25, 0.3) is 0 Å². The summed E-state index contributed by atoms with van der Waals surface area (Å²) in [6, 6.07) is 0. The summed E-state index contributed by atoms with van der Waals surface area (Å²) in [6.07, 6.45) is 25.7. The summed E-state index contributed by atoms with van der Waals surface area (Å²) >= 11 is 0. The minimum Gasteiger partial charge on any atom is 0.000000156 e. The minimum absolute atomic E-state index is 0.419. The summed E-state index contributed by atoms with van der Waals surface area (Å²) in [6.45, 7) is 0. The Kier molecular flexibility index (Phi) is 52.9. The molecule has 0 aromatic carbocycles. The molecule has 0 radical (unpaired) electrons. The zero-order valence-electron chi connectivity index (χ0n) is 80.0. The fourth-order valence-corrected chi connectivity index (χ4v) is 29.6. The monoisotopic (exact) mass is 1220 g/mol. The Hall–Kier alpha value is 6.56. The SMILES string of the molecule is BBB(B(B)B)B(B(B(B)B)B(B)B)B(B(B(B)B)B(B)B)B(B(B(B(B)B)B(B)B)B(B(B)B)B(B)B)B(B(B(B(B(B)B)B(B)B)B(B(B)B)B(B)B)B(B(B(B)B)B(B)B)B(B(B)B)B(B)B)B(B(B(B(B)B)B(B)B)B(B(B)B)B(B)B)B(B(B(B)B)B(B)B)B(B(B)B)B(B)B. The van der Waals surface area contributed by atoms with E-state index < -0.39 is 0 Å². The zero-order chi connectivity index (χ0) is 80.0. The summed E-state index contributed by atoms with van der Waals surface area (Å²) in [7, 11) is 143. The third-order valence-corrected chi connectivity index (χ3v) is 30.1. The molecule has 0 nitrogen and oxygen atoms in total. The second-order valence-corrected chi connectivity index (χ2v) is 45.5. The summed E-state index contributed by atoms with van der Waals surface area (Å²) in [5, 5.41) is 0. The smallest absolute Gasteiger partial charge is 0.000000156 e. The van der Waals surface area contributed by atoms with Gasteiger partial charge in [0.05, 0.1) is 395 Å². The van der Waals surface area contributed by atoms with Crippen LogP contribution in [-0.4, -0.2) is 715 Å². The lowest BCUT2D eigenvalue weighted by Crippen LogP contribution is -3.01. The van der Waals surface area contributed by atoms with Gasteiger partial charge in [0.2, 0.25) is 0 Å². The van der Waals surface area contributed by atoms with E-state index in [9.17, 15) is 0 Å². The summed E-state index contributed by atoms with van der Waals surface area (Å²) in [5.41, 5.74) is 0. The predicted octanol–water partition coefficient (Wildman–Crippen LogP) is -66.0. The van der Waals surface area contributed by atoms with Gasteiger partial charge in [-0.3, -0.25) is 0 Å². The second kappa shape index (κ2) is 49.7. The Morgan fingerprint density at radius 3 is 0.228 bits per heavy atom. The van der Waals surface area contributed by atoms with E-state index in [0.717, 1.165) is 0 Å². The topological polar surface area (TPSA) is 0 Å². The minimum atomic E-state index is 0.419. The number of hydrogen-bond acceptors (Lipinski definition) is 0. The van der Waals surface area contributed by atoms with Gasteiger partial charge in [0.1, 0.15) is 0 Å². The van der Waals surface area contributed by atoms with E-state index in [1.165, 1.54) is 7.06 Å². The third kappa shape index (κ3) is 29.0.